The second kappa shape index (κ2) is 8.86. The normalized spacial score (nSPS) is 12.2. The molecule has 0 aliphatic heterocycles. The third-order valence-corrected chi connectivity index (χ3v) is 4.78. The van der Waals surface area contributed by atoms with E-state index in [2.05, 4.69) is 16.5 Å². The van der Waals surface area contributed by atoms with Gasteiger partial charge in [-0.05, 0) is 37.0 Å². The standard InChI is InChI=1S/C20H25ClN2O2/c1-4-6-11-19-22-12-18(16(5-2)14(3)20(24)25)23(19)13-15-9-7-8-10-17(15)21/h7-10,12H,4-6,11,13H2,1-3H3,(H,24,25). The second-order valence-electron chi connectivity index (χ2n) is 6.10. The van der Waals surface area contributed by atoms with Gasteiger partial charge in [-0.3, -0.25) is 0 Å². The van der Waals surface area contributed by atoms with Gasteiger partial charge in [0.15, 0.2) is 0 Å². The average Bonchev–Trinajstić information content (AvgIpc) is 2.98. The summed E-state index contributed by atoms with van der Waals surface area (Å²) >= 11 is 6.34. The molecule has 25 heavy (non-hydrogen) atoms. The maximum absolute atomic E-state index is 11.5. The summed E-state index contributed by atoms with van der Waals surface area (Å²) in [7, 11) is 0. The number of allylic oxidation sites excluding steroid dienone is 1. The van der Waals surface area contributed by atoms with E-state index in [-0.39, 0.29) is 0 Å². The van der Waals surface area contributed by atoms with Gasteiger partial charge in [-0.15, -0.1) is 0 Å². The zero-order chi connectivity index (χ0) is 18.4. The predicted octanol–water partition coefficient (Wildman–Crippen LogP) is 5.20. The molecule has 0 saturated carbocycles. The first-order valence-corrected chi connectivity index (χ1v) is 9.08. The van der Waals surface area contributed by atoms with Crippen molar-refractivity contribution in [3.63, 3.8) is 0 Å². The fourth-order valence-corrected chi connectivity index (χ4v) is 3.13. The Bertz CT molecular complexity index is 778. The van der Waals surface area contributed by atoms with Crippen LogP contribution in [0.5, 0.6) is 0 Å². The molecule has 0 spiro atoms. The third kappa shape index (κ3) is 4.51. The SMILES string of the molecule is CCCCc1ncc(C(CC)=C(C)C(=O)O)n1Cc1ccccc1Cl. The number of aromatic nitrogens is 2. The molecule has 0 aliphatic carbocycles. The minimum Gasteiger partial charge on any atom is -0.478 e. The van der Waals surface area contributed by atoms with E-state index in [9.17, 15) is 9.90 Å². The van der Waals surface area contributed by atoms with Gasteiger partial charge in [0.05, 0.1) is 18.4 Å². The van der Waals surface area contributed by atoms with E-state index >= 15 is 0 Å². The number of hydrogen-bond acceptors (Lipinski definition) is 2. The molecule has 4 nitrogen and oxygen atoms in total. The molecule has 1 N–H and O–H groups in total. The number of carboxylic acids is 1. The van der Waals surface area contributed by atoms with E-state index in [1.165, 1.54) is 0 Å². The molecule has 1 heterocycles. The van der Waals surface area contributed by atoms with Crippen molar-refractivity contribution in [2.75, 3.05) is 0 Å². The molecule has 134 valence electrons. The van der Waals surface area contributed by atoms with Gasteiger partial charge in [0.2, 0.25) is 0 Å². The number of rotatable bonds is 8. The Hall–Kier alpha value is -2.07. The van der Waals surface area contributed by atoms with Gasteiger partial charge in [0.25, 0.3) is 0 Å². The van der Waals surface area contributed by atoms with Crippen LogP contribution in [0.1, 0.15) is 57.1 Å². The van der Waals surface area contributed by atoms with E-state index in [0.717, 1.165) is 41.9 Å². The molecule has 0 unspecified atom stereocenters. The summed E-state index contributed by atoms with van der Waals surface area (Å²) in [5.41, 5.74) is 3.05. The van der Waals surface area contributed by atoms with E-state index in [0.29, 0.717) is 23.6 Å². The summed E-state index contributed by atoms with van der Waals surface area (Å²) in [5.74, 6) is 0.0818. The van der Waals surface area contributed by atoms with Gasteiger partial charge in [-0.1, -0.05) is 50.1 Å². The van der Waals surface area contributed by atoms with E-state index in [4.69, 9.17) is 11.6 Å². The maximum atomic E-state index is 11.5. The van der Waals surface area contributed by atoms with E-state index in [1.54, 1.807) is 13.1 Å². The van der Waals surface area contributed by atoms with Gasteiger partial charge in [0.1, 0.15) is 5.82 Å². The number of carbonyl (C=O) groups is 1. The molecule has 0 radical (unpaired) electrons. The molecule has 2 aromatic rings. The number of unbranched alkanes of at least 4 members (excludes halogenated alkanes) is 1. The Morgan fingerprint density at radius 1 is 1.28 bits per heavy atom. The lowest BCUT2D eigenvalue weighted by molar-refractivity contribution is -0.132. The van der Waals surface area contributed by atoms with Gasteiger partial charge in [0, 0.05) is 17.0 Å². The first kappa shape index (κ1) is 19.3. The Kier molecular flexibility index (Phi) is 6.82. The van der Waals surface area contributed by atoms with Crippen molar-refractivity contribution in [1.29, 1.82) is 0 Å². The lowest BCUT2D eigenvalue weighted by Gasteiger charge is -2.16. The van der Waals surface area contributed by atoms with Crippen LogP contribution in [0.25, 0.3) is 5.57 Å². The Morgan fingerprint density at radius 2 is 2.00 bits per heavy atom. The van der Waals surface area contributed by atoms with Gasteiger partial charge in [-0.2, -0.15) is 0 Å². The molecule has 0 saturated heterocycles. The van der Waals surface area contributed by atoms with Crippen LogP contribution in [0, 0.1) is 0 Å². The summed E-state index contributed by atoms with van der Waals surface area (Å²) in [6, 6.07) is 7.74. The van der Waals surface area contributed by atoms with Gasteiger partial charge in [-0.25, -0.2) is 9.78 Å². The van der Waals surface area contributed by atoms with Crippen molar-refractivity contribution in [1.82, 2.24) is 9.55 Å². The molecule has 1 aromatic heterocycles. The monoisotopic (exact) mass is 360 g/mol. The smallest absolute Gasteiger partial charge is 0.331 e. The van der Waals surface area contributed by atoms with Crippen molar-refractivity contribution >= 4 is 23.1 Å². The van der Waals surface area contributed by atoms with Gasteiger partial charge >= 0.3 is 5.97 Å². The number of nitrogens with zero attached hydrogens (tertiary/aromatic N) is 2. The fraction of sp³-hybridized carbons (Fsp3) is 0.400. The summed E-state index contributed by atoms with van der Waals surface area (Å²) < 4.78 is 2.11. The lowest BCUT2D eigenvalue weighted by Crippen LogP contribution is -2.11. The minimum absolute atomic E-state index is 0.366. The van der Waals surface area contributed by atoms with Crippen molar-refractivity contribution < 1.29 is 9.90 Å². The Balaban J connectivity index is 2.54. The predicted molar refractivity (Wildman–Crippen MR) is 102 cm³/mol. The summed E-state index contributed by atoms with van der Waals surface area (Å²) in [6.07, 6.45) is 5.43. The van der Waals surface area contributed by atoms with E-state index < -0.39 is 5.97 Å². The molecule has 5 heteroatoms. The Labute approximate surface area is 154 Å². The summed E-state index contributed by atoms with van der Waals surface area (Å²) in [6.45, 7) is 6.36. The maximum Gasteiger partial charge on any atom is 0.331 e. The Morgan fingerprint density at radius 3 is 2.60 bits per heavy atom. The van der Waals surface area contributed by atoms with Crippen molar-refractivity contribution in [3.8, 4) is 0 Å². The lowest BCUT2D eigenvalue weighted by atomic mass is 10.0. The summed E-state index contributed by atoms with van der Waals surface area (Å²) in [5, 5.41) is 10.1. The molecule has 0 fully saturated rings. The van der Waals surface area contributed by atoms with Crippen LogP contribution < -0.4 is 0 Å². The minimum atomic E-state index is -0.891. The quantitative estimate of drug-likeness (QED) is 0.658. The average molecular weight is 361 g/mol. The third-order valence-electron chi connectivity index (χ3n) is 4.41. The first-order valence-electron chi connectivity index (χ1n) is 8.70. The van der Waals surface area contributed by atoms with Crippen LogP contribution in [-0.4, -0.2) is 20.6 Å². The van der Waals surface area contributed by atoms with Crippen LogP contribution in [0.15, 0.2) is 36.0 Å². The molecule has 0 bridgehead atoms. The molecule has 0 amide bonds. The van der Waals surface area contributed by atoms with Crippen LogP contribution in [0.2, 0.25) is 5.02 Å². The topological polar surface area (TPSA) is 55.1 Å². The largest absolute Gasteiger partial charge is 0.478 e. The first-order chi connectivity index (χ1) is 12.0. The second-order valence-corrected chi connectivity index (χ2v) is 6.51. The van der Waals surface area contributed by atoms with Crippen molar-refractivity contribution in [2.24, 2.45) is 0 Å². The number of hydrogen-bond donors (Lipinski definition) is 1. The van der Waals surface area contributed by atoms with Crippen molar-refractivity contribution in [2.45, 2.75) is 53.0 Å². The van der Waals surface area contributed by atoms with Crippen LogP contribution in [-0.2, 0) is 17.8 Å². The number of aryl methyl sites for hydroxylation is 1. The highest BCUT2D eigenvalue weighted by Gasteiger charge is 2.18. The fourth-order valence-electron chi connectivity index (χ4n) is 2.93. The van der Waals surface area contributed by atoms with Crippen molar-refractivity contribution in [3.05, 3.63) is 58.1 Å². The molecular weight excluding hydrogens is 336 g/mol. The molecule has 2 rings (SSSR count). The number of aliphatic carboxylic acids is 1. The zero-order valence-electron chi connectivity index (χ0n) is 15.1. The highest BCUT2D eigenvalue weighted by molar-refractivity contribution is 6.31. The van der Waals surface area contributed by atoms with Gasteiger partial charge < -0.3 is 9.67 Å². The zero-order valence-corrected chi connectivity index (χ0v) is 15.8. The highest BCUT2D eigenvalue weighted by Crippen LogP contribution is 2.26. The molecule has 0 atom stereocenters. The molecular formula is C20H25ClN2O2. The molecule has 0 aliphatic rings. The van der Waals surface area contributed by atoms with Crippen LogP contribution >= 0.6 is 11.6 Å². The summed E-state index contributed by atoms with van der Waals surface area (Å²) in [4.78, 5) is 16.0. The number of imidazole rings is 1. The highest BCUT2D eigenvalue weighted by atomic mass is 35.5. The number of carboxylic acid groups (broad SMARTS) is 1. The number of halogens is 1. The van der Waals surface area contributed by atoms with E-state index in [1.807, 2.05) is 31.2 Å². The molecule has 1 aromatic carbocycles. The van der Waals surface area contributed by atoms with Crippen LogP contribution in [0.3, 0.4) is 0 Å². The number of benzene rings is 1. The van der Waals surface area contributed by atoms with Crippen LogP contribution in [0.4, 0.5) is 0 Å².